The fourth-order valence-electron chi connectivity index (χ4n) is 3.81. The highest BCUT2D eigenvalue weighted by Gasteiger charge is 2.42. The third-order valence-electron chi connectivity index (χ3n) is 5.55. The topological polar surface area (TPSA) is 41.6 Å². The Morgan fingerprint density at radius 1 is 1.11 bits per heavy atom. The molecule has 4 nitrogen and oxygen atoms in total. The van der Waals surface area contributed by atoms with E-state index in [0.717, 1.165) is 18.4 Å². The number of anilines is 1. The third kappa shape index (κ3) is 4.68. The van der Waals surface area contributed by atoms with Crippen molar-refractivity contribution in [3.8, 4) is 0 Å². The van der Waals surface area contributed by atoms with Crippen molar-refractivity contribution < 1.29 is 9.53 Å². The van der Waals surface area contributed by atoms with Crippen molar-refractivity contribution in [2.75, 3.05) is 38.8 Å². The van der Waals surface area contributed by atoms with Gasteiger partial charge in [-0.15, -0.1) is 0 Å². The molecular weight excluding hydrogens is 372 g/mol. The van der Waals surface area contributed by atoms with Crippen molar-refractivity contribution in [2.24, 2.45) is 0 Å². The van der Waals surface area contributed by atoms with Crippen molar-refractivity contribution in [3.05, 3.63) is 64.7 Å². The molecule has 0 aliphatic carbocycles. The van der Waals surface area contributed by atoms with Crippen molar-refractivity contribution >= 4 is 23.2 Å². The molecule has 2 aromatic rings. The standard InChI is InChI=1S/C23H29ClN2O2/c1-26(2)19-11-9-18(10-12-19)6-5-15-25-22(27)23(13-16-28-17-14-23)20-7-3-4-8-21(20)24/h3-4,7-12H,5-6,13-17H2,1-2H3,(H,25,27). The maximum atomic E-state index is 13.2. The van der Waals surface area contributed by atoms with Crippen LogP contribution in [0.1, 0.15) is 30.4 Å². The van der Waals surface area contributed by atoms with Gasteiger partial charge in [0.2, 0.25) is 5.91 Å². The molecule has 150 valence electrons. The van der Waals surface area contributed by atoms with Crippen LogP contribution >= 0.6 is 11.6 Å². The number of rotatable bonds is 7. The molecule has 0 atom stereocenters. The molecule has 1 aliphatic heterocycles. The summed E-state index contributed by atoms with van der Waals surface area (Å²) in [6.45, 7) is 1.81. The number of carbonyl (C=O) groups excluding carboxylic acids is 1. The van der Waals surface area contributed by atoms with E-state index in [1.54, 1.807) is 0 Å². The number of hydrogen-bond acceptors (Lipinski definition) is 3. The molecule has 0 bridgehead atoms. The highest BCUT2D eigenvalue weighted by atomic mass is 35.5. The number of halogens is 1. The molecule has 1 N–H and O–H groups in total. The average Bonchev–Trinajstić information content (AvgIpc) is 2.72. The Labute approximate surface area is 172 Å². The molecule has 3 rings (SSSR count). The summed E-state index contributed by atoms with van der Waals surface area (Å²) < 4.78 is 5.52. The van der Waals surface area contributed by atoms with Crippen LogP contribution in [0.3, 0.4) is 0 Å². The third-order valence-corrected chi connectivity index (χ3v) is 5.88. The van der Waals surface area contributed by atoms with Crippen LogP contribution in [0.25, 0.3) is 0 Å². The Morgan fingerprint density at radius 3 is 2.43 bits per heavy atom. The predicted octanol–water partition coefficient (Wildman–Crippen LogP) is 4.20. The number of nitrogens with one attached hydrogen (secondary N) is 1. The van der Waals surface area contributed by atoms with Crippen LogP contribution in [-0.2, 0) is 21.4 Å². The molecule has 0 spiro atoms. The molecule has 0 saturated carbocycles. The normalized spacial score (nSPS) is 15.8. The summed E-state index contributed by atoms with van der Waals surface area (Å²) in [6.07, 6.45) is 3.17. The van der Waals surface area contributed by atoms with Gasteiger partial charge in [0.05, 0.1) is 5.41 Å². The highest BCUT2D eigenvalue weighted by molar-refractivity contribution is 6.31. The molecule has 1 saturated heterocycles. The molecule has 1 fully saturated rings. The van der Waals surface area contributed by atoms with E-state index in [1.807, 2.05) is 38.4 Å². The van der Waals surface area contributed by atoms with Gasteiger partial charge in [0.15, 0.2) is 0 Å². The summed E-state index contributed by atoms with van der Waals surface area (Å²) in [6, 6.07) is 16.2. The van der Waals surface area contributed by atoms with Gasteiger partial charge >= 0.3 is 0 Å². The van der Waals surface area contributed by atoms with Gasteiger partial charge in [-0.05, 0) is 55.0 Å². The molecule has 2 aromatic carbocycles. The lowest BCUT2D eigenvalue weighted by molar-refractivity contribution is -0.130. The van der Waals surface area contributed by atoms with Crippen LogP contribution in [0.15, 0.2) is 48.5 Å². The lowest BCUT2D eigenvalue weighted by atomic mass is 9.73. The number of nitrogens with zero attached hydrogens (tertiary/aromatic N) is 1. The lowest BCUT2D eigenvalue weighted by Gasteiger charge is -2.36. The maximum absolute atomic E-state index is 13.2. The molecule has 0 radical (unpaired) electrons. The monoisotopic (exact) mass is 400 g/mol. The quantitative estimate of drug-likeness (QED) is 0.708. The fraction of sp³-hybridized carbons (Fsp3) is 0.435. The fourth-order valence-corrected chi connectivity index (χ4v) is 4.13. The van der Waals surface area contributed by atoms with Crippen LogP contribution in [0.5, 0.6) is 0 Å². The number of hydrogen-bond donors (Lipinski definition) is 1. The van der Waals surface area contributed by atoms with Gasteiger partial charge in [-0.1, -0.05) is 41.9 Å². The Kier molecular flexibility index (Phi) is 6.97. The zero-order valence-electron chi connectivity index (χ0n) is 16.7. The molecule has 0 unspecified atom stereocenters. The van der Waals surface area contributed by atoms with E-state index in [4.69, 9.17) is 16.3 Å². The number of carbonyl (C=O) groups is 1. The number of ether oxygens (including phenoxy) is 1. The van der Waals surface area contributed by atoms with E-state index in [0.29, 0.717) is 37.6 Å². The summed E-state index contributed by atoms with van der Waals surface area (Å²) in [5.74, 6) is 0.0619. The number of amides is 1. The predicted molar refractivity (Wildman–Crippen MR) is 115 cm³/mol. The van der Waals surface area contributed by atoms with Crippen molar-refractivity contribution in [2.45, 2.75) is 31.1 Å². The van der Waals surface area contributed by atoms with Crippen LogP contribution in [0, 0.1) is 0 Å². The van der Waals surface area contributed by atoms with Gasteiger partial charge in [0.1, 0.15) is 0 Å². The van der Waals surface area contributed by atoms with E-state index < -0.39 is 5.41 Å². The maximum Gasteiger partial charge on any atom is 0.230 e. The first-order valence-corrected chi connectivity index (χ1v) is 10.3. The van der Waals surface area contributed by atoms with Crippen LogP contribution in [-0.4, -0.2) is 39.8 Å². The minimum absolute atomic E-state index is 0.0619. The minimum atomic E-state index is -0.593. The van der Waals surface area contributed by atoms with Crippen LogP contribution in [0.4, 0.5) is 5.69 Å². The van der Waals surface area contributed by atoms with Gasteiger partial charge in [0.25, 0.3) is 0 Å². The van der Waals surface area contributed by atoms with E-state index in [-0.39, 0.29) is 5.91 Å². The lowest BCUT2D eigenvalue weighted by Crippen LogP contribution is -2.48. The van der Waals surface area contributed by atoms with E-state index in [1.165, 1.54) is 11.3 Å². The SMILES string of the molecule is CN(C)c1ccc(CCCNC(=O)C2(c3ccccc3Cl)CCOCC2)cc1. The zero-order valence-corrected chi connectivity index (χ0v) is 17.5. The van der Waals surface area contributed by atoms with Crippen molar-refractivity contribution in [3.63, 3.8) is 0 Å². The summed E-state index contributed by atoms with van der Waals surface area (Å²) in [7, 11) is 4.07. The first-order chi connectivity index (χ1) is 13.5. The first kappa shape index (κ1) is 20.7. The highest BCUT2D eigenvalue weighted by Crippen LogP contribution is 2.38. The molecule has 5 heteroatoms. The van der Waals surface area contributed by atoms with E-state index in [9.17, 15) is 4.79 Å². The Balaban J connectivity index is 1.59. The average molecular weight is 401 g/mol. The summed E-state index contributed by atoms with van der Waals surface area (Å²) >= 11 is 6.44. The van der Waals surface area contributed by atoms with Crippen LogP contribution < -0.4 is 10.2 Å². The minimum Gasteiger partial charge on any atom is -0.381 e. The molecule has 1 heterocycles. The molecule has 1 aliphatic rings. The smallest absolute Gasteiger partial charge is 0.230 e. The summed E-state index contributed by atoms with van der Waals surface area (Å²) in [4.78, 5) is 15.3. The Hall–Kier alpha value is -2.04. The van der Waals surface area contributed by atoms with Crippen molar-refractivity contribution in [1.82, 2.24) is 5.32 Å². The molecular formula is C23H29ClN2O2. The van der Waals surface area contributed by atoms with Gasteiger partial charge in [-0.3, -0.25) is 4.79 Å². The summed E-state index contributed by atoms with van der Waals surface area (Å²) in [5, 5.41) is 3.81. The van der Waals surface area contributed by atoms with Gasteiger partial charge in [-0.2, -0.15) is 0 Å². The van der Waals surface area contributed by atoms with Gasteiger partial charge < -0.3 is 15.0 Å². The van der Waals surface area contributed by atoms with E-state index >= 15 is 0 Å². The largest absolute Gasteiger partial charge is 0.381 e. The Morgan fingerprint density at radius 2 is 1.79 bits per heavy atom. The number of aryl methyl sites for hydroxylation is 1. The second-order valence-corrected chi connectivity index (χ2v) is 8.00. The first-order valence-electron chi connectivity index (χ1n) is 9.90. The molecule has 1 amide bonds. The Bertz CT molecular complexity index is 783. The van der Waals surface area contributed by atoms with Crippen LogP contribution in [0.2, 0.25) is 5.02 Å². The number of benzene rings is 2. The van der Waals surface area contributed by atoms with Gasteiger partial charge in [-0.25, -0.2) is 0 Å². The van der Waals surface area contributed by atoms with Crippen molar-refractivity contribution in [1.29, 1.82) is 0 Å². The zero-order chi connectivity index (χ0) is 20.0. The second kappa shape index (κ2) is 9.44. The second-order valence-electron chi connectivity index (χ2n) is 7.59. The van der Waals surface area contributed by atoms with Gasteiger partial charge in [0, 0.05) is 44.6 Å². The van der Waals surface area contributed by atoms with E-state index in [2.05, 4.69) is 34.5 Å². The summed E-state index contributed by atoms with van der Waals surface area (Å²) in [5.41, 5.74) is 2.80. The molecule has 28 heavy (non-hydrogen) atoms. The molecule has 0 aromatic heterocycles.